The molecule has 0 amide bonds. The maximum atomic E-state index is 5.68. The van der Waals surface area contributed by atoms with Crippen LogP contribution in [0.5, 0.6) is 0 Å². The predicted molar refractivity (Wildman–Crippen MR) is 74.3 cm³/mol. The Kier molecular flexibility index (Phi) is 3.48. The summed E-state index contributed by atoms with van der Waals surface area (Å²) in [6, 6.07) is 8.25. The molecule has 0 aliphatic carbocycles. The summed E-state index contributed by atoms with van der Waals surface area (Å²) in [5.74, 6) is 1.01. The van der Waals surface area contributed by atoms with Gasteiger partial charge in [-0.1, -0.05) is 28.1 Å². The minimum absolute atomic E-state index is 0.341. The second kappa shape index (κ2) is 5.24. The summed E-state index contributed by atoms with van der Waals surface area (Å²) in [5, 5.41) is 0. The zero-order chi connectivity index (χ0) is 12.4. The van der Waals surface area contributed by atoms with Gasteiger partial charge >= 0.3 is 0 Å². The molecule has 1 fully saturated rings. The number of aromatic nitrogens is 2. The molecule has 0 spiro atoms. The first kappa shape index (κ1) is 11.9. The number of hydrogen-bond acceptors (Lipinski definition) is 2. The van der Waals surface area contributed by atoms with Gasteiger partial charge in [0, 0.05) is 29.0 Å². The Hall–Kier alpha value is -1.13. The van der Waals surface area contributed by atoms with E-state index in [1.807, 2.05) is 24.5 Å². The summed E-state index contributed by atoms with van der Waals surface area (Å²) in [5.41, 5.74) is 1.14. The van der Waals surface area contributed by atoms with Crippen molar-refractivity contribution in [1.29, 1.82) is 0 Å². The zero-order valence-corrected chi connectivity index (χ0v) is 11.6. The van der Waals surface area contributed by atoms with Gasteiger partial charge in [0.25, 0.3) is 0 Å². The molecule has 1 aromatic heterocycles. The Bertz CT molecular complexity index is 515. The average molecular weight is 307 g/mol. The van der Waals surface area contributed by atoms with Gasteiger partial charge < -0.3 is 9.30 Å². The fraction of sp³-hybridized carbons (Fsp3) is 0.357. The Morgan fingerprint density at radius 2 is 2.17 bits per heavy atom. The summed E-state index contributed by atoms with van der Waals surface area (Å²) in [6.07, 6.45) is 6.55. The molecule has 1 saturated heterocycles. The van der Waals surface area contributed by atoms with Crippen molar-refractivity contribution in [2.45, 2.75) is 25.5 Å². The zero-order valence-electron chi connectivity index (χ0n) is 10.1. The first-order valence-corrected chi connectivity index (χ1v) is 7.01. The third kappa shape index (κ3) is 2.49. The van der Waals surface area contributed by atoms with Gasteiger partial charge in [0.15, 0.2) is 0 Å². The van der Waals surface area contributed by atoms with Crippen molar-refractivity contribution < 1.29 is 4.74 Å². The van der Waals surface area contributed by atoms with Crippen molar-refractivity contribution in [2.24, 2.45) is 0 Å². The van der Waals surface area contributed by atoms with Crippen LogP contribution in [-0.2, 0) is 11.3 Å². The average Bonchev–Trinajstić information content (AvgIpc) is 3.02. The first-order chi connectivity index (χ1) is 8.83. The third-order valence-corrected chi connectivity index (χ3v) is 3.77. The fourth-order valence-corrected chi connectivity index (χ4v) is 2.59. The van der Waals surface area contributed by atoms with E-state index in [-0.39, 0.29) is 0 Å². The van der Waals surface area contributed by atoms with Crippen LogP contribution < -0.4 is 0 Å². The van der Waals surface area contributed by atoms with E-state index in [4.69, 9.17) is 4.74 Å². The predicted octanol–water partition coefficient (Wildman–Crippen LogP) is 3.49. The summed E-state index contributed by atoms with van der Waals surface area (Å²) in [4.78, 5) is 4.45. The van der Waals surface area contributed by atoms with E-state index in [9.17, 15) is 0 Å². The van der Waals surface area contributed by atoms with E-state index in [1.165, 1.54) is 6.42 Å². The van der Waals surface area contributed by atoms with E-state index >= 15 is 0 Å². The van der Waals surface area contributed by atoms with E-state index in [0.717, 1.165) is 35.4 Å². The van der Waals surface area contributed by atoms with Crippen molar-refractivity contribution in [3.8, 4) is 11.4 Å². The Morgan fingerprint density at radius 3 is 2.89 bits per heavy atom. The summed E-state index contributed by atoms with van der Waals surface area (Å²) >= 11 is 3.45. The molecule has 18 heavy (non-hydrogen) atoms. The number of halogens is 1. The van der Waals surface area contributed by atoms with E-state index in [0.29, 0.717) is 6.10 Å². The highest BCUT2D eigenvalue weighted by Gasteiger charge is 2.17. The number of imidazole rings is 1. The van der Waals surface area contributed by atoms with Gasteiger partial charge in [-0.3, -0.25) is 0 Å². The summed E-state index contributed by atoms with van der Waals surface area (Å²) in [6.45, 7) is 1.79. The van der Waals surface area contributed by atoms with Crippen molar-refractivity contribution in [3.05, 3.63) is 41.1 Å². The fourth-order valence-electron chi connectivity index (χ4n) is 2.32. The maximum absolute atomic E-state index is 5.68. The van der Waals surface area contributed by atoms with Crippen LogP contribution in [-0.4, -0.2) is 22.3 Å². The molecule has 1 atom stereocenters. The van der Waals surface area contributed by atoms with Gasteiger partial charge in [-0.2, -0.15) is 0 Å². The van der Waals surface area contributed by atoms with Crippen molar-refractivity contribution >= 4 is 15.9 Å². The van der Waals surface area contributed by atoms with Crippen molar-refractivity contribution in [2.75, 3.05) is 6.61 Å². The van der Waals surface area contributed by atoms with Crippen molar-refractivity contribution in [1.82, 2.24) is 9.55 Å². The monoisotopic (exact) mass is 306 g/mol. The second-order valence-corrected chi connectivity index (χ2v) is 5.46. The number of rotatable bonds is 3. The molecule has 1 aliphatic heterocycles. The molecule has 0 radical (unpaired) electrons. The molecular weight excluding hydrogens is 292 g/mol. The molecule has 94 valence electrons. The highest BCUT2D eigenvalue weighted by atomic mass is 79.9. The van der Waals surface area contributed by atoms with Crippen LogP contribution in [0.2, 0.25) is 0 Å². The molecule has 2 heterocycles. The molecular formula is C14H15BrN2O. The normalized spacial score (nSPS) is 19.3. The van der Waals surface area contributed by atoms with Crippen LogP contribution in [0, 0.1) is 0 Å². The number of ether oxygens (including phenoxy) is 1. The standard InChI is InChI=1S/C14H15BrN2O/c15-12-5-3-11(4-6-12)14-16-7-8-17(14)10-13-2-1-9-18-13/h3-8,13H,1-2,9-10H2. The molecule has 1 aromatic carbocycles. The lowest BCUT2D eigenvalue weighted by Crippen LogP contribution is -2.15. The van der Waals surface area contributed by atoms with Crippen LogP contribution in [0.4, 0.5) is 0 Å². The number of nitrogens with zero attached hydrogens (tertiary/aromatic N) is 2. The van der Waals surface area contributed by atoms with E-state index in [1.54, 1.807) is 0 Å². The third-order valence-electron chi connectivity index (χ3n) is 3.24. The van der Waals surface area contributed by atoms with Gasteiger partial charge in [0.1, 0.15) is 5.82 Å². The Balaban J connectivity index is 1.84. The maximum Gasteiger partial charge on any atom is 0.139 e. The van der Waals surface area contributed by atoms with Crippen LogP contribution >= 0.6 is 15.9 Å². The number of hydrogen-bond donors (Lipinski definition) is 0. The molecule has 2 aromatic rings. The van der Waals surface area contributed by atoms with E-state index in [2.05, 4.69) is 37.6 Å². The van der Waals surface area contributed by atoms with Gasteiger partial charge in [-0.25, -0.2) is 4.98 Å². The van der Waals surface area contributed by atoms with Gasteiger partial charge in [0.05, 0.1) is 12.6 Å². The van der Waals surface area contributed by atoms with Gasteiger partial charge in [0.2, 0.25) is 0 Å². The number of benzene rings is 1. The molecule has 3 nitrogen and oxygen atoms in total. The van der Waals surface area contributed by atoms with Crippen LogP contribution in [0.1, 0.15) is 12.8 Å². The molecule has 0 N–H and O–H groups in total. The lowest BCUT2D eigenvalue weighted by Gasteiger charge is -2.13. The lowest BCUT2D eigenvalue weighted by molar-refractivity contribution is 0.0974. The Morgan fingerprint density at radius 1 is 1.33 bits per heavy atom. The molecule has 0 saturated carbocycles. The minimum atomic E-state index is 0.341. The Labute approximate surface area is 115 Å². The van der Waals surface area contributed by atoms with Crippen LogP contribution in [0.3, 0.4) is 0 Å². The minimum Gasteiger partial charge on any atom is -0.376 e. The van der Waals surface area contributed by atoms with Crippen molar-refractivity contribution in [3.63, 3.8) is 0 Å². The first-order valence-electron chi connectivity index (χ1n) is 6.21. The molecule has 1 unspecified atom stereocenters. The van der Waals surface area contributed by atoms with Crippen LogP contribution in [0.15, 0.2) is 41.1 Å². The van der Waals surface area contributed by atoms with E-state index < -0.39 is 0 Å². The molecule has 3 rings (SSSR count). The SMILES string of the molecule is Brc1ccc(-c2nccn2CC2CCCO2)cc1. The molecule has 1 aliphatic rings. The highest BCUT2D eigenvalue weighted by Crippen LogP contribution is 2.22. The molecule has 4 heteroatoms. The highest BCUT2D eigenvalue weighted by molar-refractivity contribution is 9.10. The van der Waals surface area contributed by atoms with Crippen LogP contribution in [0.25, 0.3) is 11.4 Å². The smallest absolute Gasteiger partial charge is 0.139 e. The molecule has 0 bridgehead atoms. The largest absolute Gasteiger partial charge is 0.376 e. The summed E-state index contributed by atoms with van der Waals surface area (Å²) in [7, 11) is 0. The second-order valence-electron chi connectivity index (χ2n) is 4.55. The van der Waals surface area contributed by atoms with Gasteiger partial charge in [-0.15, -0.1) is 0 Å². The lowest BCUT2D eigenvalue weighted by atomic mass is 10.2. The summed E-state index contributed by atoms with van der Waals surface area (Å²) < 4.78 is 8.95. The van der Waals surface area contributed by atoms with Gasteiger partial charge in [-0.05, 0) is 25.0 Å². The quantitative estimate of drug-likeness (QED) is 0.868. The topological polar surface area (TPSA) is 27.1 Å².